The number of aryl methyl sites for hydroxylation is 1. The molecular weight excluding hydrogens is 190 g/mol. The Morgan fingerprint density at radius 2 is 1.87 bits per heavy atom. The van der Waals surface area contributed by atoms with E-state index in [1.807, 2.05) is 12.1 Å². The normalized spacial score (nSPS) is 10.0. The molecule has 1 rings (SSSR count). The van der Waals surface area contributed by atoms with Gasteiger partial charge < -0.3 is 0 Å². The van der Waals surface area contributed by atoms with Gasteiger partial charge in [0.2, 0.25) is 5.91 Å². The predicted molar refractivity (Wildman–Crippen MR) is 59.3 cm³/mol. The highest BCUT2D eigenvalue weighted by Crippen LogP contribution is 2.07. The lowest BCUT2D eigenvalue weighted by Gasteiger charge is -2.03. The lowest BCUT2D eigenvalue weighted by Crippen LogP contribution is -2.23. The van der Waals surface area contributed by atoms with Crippen molar-refractivity contribution in [3.8, 4) is 0 Å². The number of amides is 1. The zero-order valence-corrected chi connectivity index (χ0v) is 9.25. The molecule has 0 saturated carbocycles. The summed E-state index contributed by atoms with van der Waals surface area (Å²) in [6, 6.07) is 8.11. The van der Waals surface area contributed by atoms with Gasteiger partial charge in [-0.3, -0.25) is 9.63 Å². The van der Waals surface area contributed by atoms with Crippen LogP contribution >= 0.6 is 0 Å². The molecule has 82 valence electrons. The number of carbonyl (C=O) groups is 1. The summed E-state index contributed by atoms with van der Waals surface area (Å²) in [5.41, 5.74) is 4.61. The van der Waals surface area contributed by atoms with Gasteiger partial charge in [-0.2, -0.15) is 0 Å². The van der Waals surface area contributed by atoms with E-state index in [1.165, 1.54) is 12.7 Å². The first-order chi connectivity index (χ1) is 7.26. The second-order valence-electron chi connectivity index (χ2n) is 3.47. The zero-order valence-electron chi connectivity index (χ0n) is 9.25. The first-order valence-corrected chi connectivity index (χ1v) is 5.16. The van der Waals surface area contributed by atoms with Crippen LogP contribution in [0.3, 0.4) is 0 Å². The molecule has 0 spiro atoms. The Morgan fingerprint density at radius 3 is 2.40 bits per heavy atom. The third kappa shape index (κ3) is 4.13. The minimum Gasteiger partial charge on any atom is -0.277 e. The van der Waals surface area contributed by atoms with Gasteiger partial charge in [-0.15, -0.1) is 0 Å². The molecular formula is C12H17NO2. The van der Waals surface area contributed by atoms with E-state index in [4.69, 9.17) is 0 Å². The van der Waals surface area contributed by atoms with Crippen molar-refractivity contribution in [2.24, 2.45) is 0 Å². The van der Waals surface area contributed by atoms with E-state index in [9.17, 15) is 4.79 Å². The third-order valence-electron chi connectivity index (χ3n) is 2.14. The van der Waals surface area contributed by atoms with Crippen LogP contribution in [-0.2, 0) is 22.5 Å². The number of hydroxylamine groups is 1. The molecule has 0 bridgehead atoms. The van der Waals surface area contributed by atoms with Crippen LogP contribution in [0.15, 0.2) is 24.3 Å². The first kappa shape index (κ1) is 11.7. The van der Waals surface area contributed by atoms with Gasteiger partial charge in [0.25, 0.3) is 0 Å². The van der Waals surface area contributed by atoms with Gasteiger partial charge in [0.15, 0.2) is 0 Å². The topological polar surface area (TPSA) is 38.3 Å². The van der Waals surface area contributed by atoms with Gasteiger partial charge >= 0.3 is 0 Å². The quantitative estimate of drug-likeness (QED) is 0.748. The fourth-order valence-electron chi connectivity index (χ4n) is 1.45. The average molecular weight is 207 g/mol. The second kappa shape index (κ2) is 6.19. The summed E-state index contributed by atoms with van der Waals surface area (Å²) >= 11 is 0. The van der Waals surface area contributed by atoms with Gasteiger partial charge in [-0.25, -0.2) is 5.48 Å². The van der Waals surface area contributed by atoms with Crippen LogP contribution in [0, 0.1) is 0 Å². The van der Waals surface area contributed by atoms with E-state index in [1.54, 1.807) is 0 Å². The number of benzene rings is 1. The van der Waals surface area contributed by atoms with Gasteiger partial charge in [-0.1, -0.05) is 37.6 Å². The standard InChI is InChI=1S/C12H17NO2/c1-3-4-10-5-7-11(8-6-10)9-12(14)13-15-2/h5-8H,3-4,9H2,1-2H3,(H,13,14). The van der Waals surface area contributed by atoms with Crippen molar-refractivity contribution in [2.75, 3.05) is 7.11 Å². The summed E-state index contributed by atoms with van der Waals surface area (Å²) in [5, 5.41) is 0. The number of carbonyl (C=O) groups excluding carboxylic acids is 1. The third-order valence-corrected chi connectivity index (χ3v) is 2.14. The minimum atomic E-state index is -0.124. The Morgan fingerprint density at radius 1 is 1.27 bits per heavy atom. The fraction of sp³-hybridized carbons (Fsp3) is 0.417. The largest absolute Gasteiger partial charge is 0.277 e. The van der Waals surface area contributed by atoms with E-state index in [0.29, 0.717) is 6.42 Å². The molecule has 0 saturated heterocycles. The fourth-order valence-corrected chi connectivity index (χ4v) is 1.45. The molecule has 15 heavy (non-hydrogen) atoms. The summed E-state index contributed by atoms with van der Waals surface area (Å²) in [4.78, 5) is 15.7. The van der Waals surface area contributed by atoms with Crippen LogP contribution < -0.4 is 5.48 Å². The van der Waals surface area contributed by atoms with Crippen LogP contribution in [0.25, 0.3) is 0 Å². The maximum absolute atomic E-state index is 11.2. The van der Waals surface area contributed by atoms with E-state index in [2.05, 4.69) is 29.4 Å². The predicted octanol–water partition coefficient (Wildman–Crippen LogP) is 1.86. The number of nitrogens with one attached hydrogen (secondary N) is 1. The zero-order chi connectivity index (χ0) is 11.1. The smallest absolute Gasteiger partial charge is 0.247 e. The minimum absolute atomic E-state index is 0.124. The molecule has 1 aromatic rings. The Labute approximate surface area is 90.4 Å². The molecule has 0 unspecified atom stereocenters. The summed E-state index contributed by atoms with van der Waals surface area (Å²) in [6.07, 6.45) is 2.59. The van der Waals surface area contributed by atoms with Crippen LogP contribution in [0.5, 0.6) is 0 Å². The van der Waals surface area contributed by atoms with E-state index < -0.39 is 0 Å². The number of rotatable bonds is 5. The molecule has 0 aliphatic carbocycles. The van der Waals surface area contributed by atoms with Crippen molar-refractivity contribution in [1.82, 2.24) is 5.48 Å². The first-order valence-electron chi connectivity index (χ1n) is 5.16. The van der Waals surface area contributed by atoms with Gasteiger partial charge in [0, 0.05) is 0 Å². The van der Waals surface area contributed by atoms with Gasteiger partial charge in [-0.05, 0) is 17.5 Å². The molecule has 3 nitrogen and oxygen atoms in total. The SMILES string of the molecule is CCCc1ccc(CC(=O)NOC)cc1. The van der Waals surface area contributed by atoms with Crippen molar-refractivity contribution in [1.29, 1.82) is 0 Å². The molecule has 0 fully saturated rings. The molecule has 1 amide bonds. The maximum Gasteiger partial charge on any atom is 0.247 e. The summed E-state index contributed by atoms with van der Waals surface area (Å²) < 4.78 is 0. The van der Waals surface area contributed by atoms with E-state index in [-0.39, 0.29) is 5.91 Å². The summed E-state index contributed by atoms with van der Waals surface area (Å²) in [5.74, 6) is -0.124. The van der Waals surface area contributed by atoms with Crippen molar-refractivity contribution in [3.63, 3.8) is 0 Å². The summed E-state index contributed by atoms with van der Waals surface area (Å²) in [7, 11) is 1.43. The monoisotopic (exact) mass is 207 g/mol. The van der Waals surface area contributed by atoms with Crippen LogP contribution in [0.1, 0.15) is 24.5 Å². The van der Waals surface area contributed by atoms with Crippen molar-refractivity contribution in [2.45, 2.75) is 26.2 Å². The average Bonchev–Trinajstić information content (AvgIpc) is 2.22. The Balaban J connectivity index is 2.52. The lowest BCUT2D eigenvalue weighted by atomic mass is 10.1. The molecule has 0 aliphatic rings. The Bertz CT molecular complexity index is 306. The molecule has 0 atom stereocenters. The molecule has 0 heterocycles. The Kier molecular flexibility index (Phi) is 4.84. The van der Waals surface area contributed by atoms with Gasteiger partial charge in [0.1, 0.15) is 0 Å². The summed E-state index contributed by atoms with van der Waals surface area (Å²) in [6.45, 7) is 2.15. The van der Waals surface area contributed by atoms with Gasteiger partial charge in [0.05, 0.1) is 13.5 Å². The van der Waals surface area contributed by atoms with E-state index >= 15 is 0 Å². The van der Waals surface area contributed by atoms with Crippen molar-refractivity contribution < 1.29 is 9.63 Å². The Hall–Kier alpha value is -1.35. The highest BCUT2D eigenvalue weighted by molar-refractivity contribution is 5.77. The molecule has 1 aromatic carbocycles. The maximum atomic E-state index is 11.2. The van der Waals surface area contributed by atoms with Crippen LogP contribution in [0.2, 0.25) is 0 Å². The van der Waals surface area contributed by atoms with E-state index in [0.717, 1.165) is 18.4 Å². The highest BCUT2D eigenvalue weighted by Gasteiger charge is 2.01. The lowest BCUT2D eigenvalue weighted by molar-refractivity contribution is -0.130. The second-order valence-corrected chi connectivity index (χ2v) is 3.47. The molecule has 0 radical (unpaired) electrons. The van der Waals surface area contributed by atoms with Crippen LogP contribution in [-0.4, -0.2) is 13.0 Å². The number of hydrogen-bond acceptors (Lipinski definition) is 2. The van der Waals surface area contributed by atoms with Crippen molar-refractivity contribution in [3.05, 3.63) is 35.4 Å². The van der Waals surface area contributed by atoms with Crippen LogP contribution in [0.4, 0.5) is 0 Å². The number of hydrogen-bond donors (Lipinski definition) is 1. The molecule has 0 aliphatic heterocycles. The molecule has 0 aromatic heterocycles. The molecule has 3 heteroatoms. The van der Waals surface area contributed by atoms with Crippen molar-refractivity contribution >= 4 is 5.91 Å². The highest BCUT2D eigenvalue weighted by atomic mass is 16.6. The molecule has 1 N–H and O–H groups in total.